The number of thioether (sulfide) groups is 2. The highest BCUT2D eigenvalue weighted by molar-refractivity contribution is 8.00. The van der Waals surface area contributed by atoms with E-state index in [0.717, 1.165) is 16.7 Å². The first-order valence-electron chi connectivity index (χ1n) is 14.9. The lowest BCUT2D eigenvalue weighted by molar-refractivity contribution is -0.157. The number of carboxylic acid groups (broad SMARTS) is 1. The Labute approximate surface area is 286 Å². The number of phenols is 1. The topological polar surface area (TPSA) is 251 Å². The second-order valence-electron chi connectivity index (χ2n) is 11.4. The number of imide groups is 1. The summed E-state index contributed by atoms with van der Waals surface area (Å²) in [6.07, 6.45) is 3.17. The molecule has 19 nitrogen and oxygen atoms in total. The SMILES string of the molecule is CCN1CCN(C(=O)NC(C(=O)NC2C(=O)N3CC(CSc4nnc(-n5cccn5)n4N)(C(=O)O)CS[C@H]23)c2ccc(O)cc2)C(=O)C1=O. The van der Waals surface area contributed by atoms with Crippen molar-refractivity contribution in [1.82, 2.24) is 50.0 Å². The number of hydrogen-bond acceptors (Lipinski definition) is 13. The number of nitrogen functional groups attached to an aromatic ring is 1. The number of carboxylic acids is 1. The van der Waals surface area contributed by atoms with Crippen molar-refractivity contribution in [1.29, 1.82) is 0 Å². The Kier molecular flexibility index (Phi) is 9.12. The predicted octanol–water partition coefficient (Wildman–Crippen LogP) is -1.41. The Morgan fingerprint density at radius 2 is 1.90 bits per heavy atom. The van der Waals surface area contributed by atoms with Crippen molar-refractivity contribution in [3.8, 4) is 11.7 Å². The summed E-state index contributed by atoms with van der Waals surface area (Å²) < 4.78 is 2.60. The number of urea groups is 1. The Balaban J connectivity index is 1.12. The Morgan fingerprint density at radius 1 is 1.14 bits per heavy atom. The van der Waals surface area contributed by atoms with Gasteiger partial charge in [-0.1, -0.05) is 23.9 Å². The van der Waals surface area contributed by atoms with E-state index in [0.29, 0.717) is 6.54 Å². The molecule has 5 heterocycles. The van der Waals surface area contributed by atoms with Crippen molar-refractivity contribution in [2.24, 2.45) is 5.41 Å². The molecule has 1 aromatic carbocycles. The van der Waals surface area contributed by atoms with Crippen LogP contribution < -0.4 is 16.5 Å². The summed E-state index contributed by atoms with van der Waals surface area (Å²) >= 11 is 2.26. The lowest BCUT2D eigenvalue weighted by atomic mass is 9.89. The number of likely N-dealkylation sites (N-methyl/N-ethyl adjacent to an activating group) is 1. The van der Waals surface area contributed by atoms with Crippen LogP contribution in [0.15, 0.2) is 47.9 Å². The minimum Gasteiger partial charge on any atom is -0.508 e. The zero-order valence-electron chi connectivity index (χ0n) is 25.8. The van der Waals surface area contributed by atoms with E-state index in [1.807, 2.05) is 0 Å². The number of β-lactam (4-membered cyclic amide) rings is 1. The van der Waals surface area contributed by atoms with Crippen LogP contribution >= 0.6 is 23.5 Å². The fraction of sp³-hybridized carbons (Fsp3) is 0.393. The molecule has 49 heavy (non-hydrogen) atoms. The molecule has 0 bridgehead atoms. The largest absolute Gasteiger partial charge is 0.508 e. The number of phenolic OH excluding ortho intramolecular Hbond substituents is 1. The molecule has 3 fully saturated rings. The lowest BCUT2D eigenvalue weighted by Crippen LogP contribution is -2.74. The number of aromatic hydroxyl groups is 1. The van der Waals surface area contributed by atoms with Crippen molar-refractivity contribution in [2.45, 2.75) is 29.5 Å². The molecule has 3 aliphatic heterocycles. The van der Waals surface area contributed by atoms with Gasteiger partial charge in [-0.2, -0.15) is 5.10 Å². The predicted molar refractivity (Wildman–Crippen MR) is 171 cm³/mol. The fourth-order valence-electron chi connectivity index (χ4n) is 5.59. The first kappa shape index (κ1) is 33.6. The normalized spacial score (nSPS) is 22.7. The van der Waals surface area contributed by atoms with Gasteiger partial charge in [-0.3, -0.25) is 28.9 Å². The van der Waals surface area contributed by atoms with Gasteiger partial charge in [0.2, 0.25) is 17.0 Å². The van der Waals surface area contributed by atoms with Gasteiger partial charge in [-0.05, 0) is 30.7 Å². The third-order valence-corrected chi connectivity index (χ3v) is 11.2. The minimum atomic E-state index is -1.41. The molecule has 4 atom stereocenters. The van der Waals surface area contributed by atoms with Gasteiger partial charge in [0, 0.05) is 50.1 Å². The summed E-state index contributed by atoms with van der Waals surface area (Å²) in [6.45, 7) is 1.91. The maximum atomic E-state index is 13.7. The summed E-state index contributed by atoms with van der Waals surface area (Å²) in [5, 5.41) is 37.0. The first-order chi connectivity index (χ1) is 23.4. The number of piperazine rings is 1. The Morgan fingerprint density at radius 3 is 2.57 bits per heavy atom. The number of fused-ring (bicyclic) bond motifs is 1. The molecule has 0 aliphatic carbocycles. The number of nitrogens with zero attached hydrogens (tertiary/aromatic N) is 8. The zero-order chi connectivity index (χ0) is 35.0. The number of carbonyl (C=O) groups is 6. The first-order valence-corrected chi connectivity index (χ1v) is 17.0. The van der Waals surface area contributed by atoms with Gasteiger partial charge in [-0.25, -0.2) is 14.2 Å². The summed E-state index contributed by atoms with van der Waals surface area (Å²) in [4.78, 5) is 81.1. The van der Waals surface area contributed by atoms with Crippen LogP contribution in [0.4, 0.5) is 4.79 Å². The van der Waals surface area contributed by atoms with E-state index in [-0.39, 0.29) is 53.6 Å². The molecule has 3 saturated heterocycles. The molecular weight excluding hydrogens is 683 g/mol. The van der Waals surface area contributed by atoms with Gasteiger partial charge >= 0.3 is 23.8 Å². The van der Waals surface area contributed by atoms with Crippen LogP contribution in [0.2, 0.25) is 0 Å². The van der Waals surface area contributed by atoms with E-state index in [1.165, 1.54) is 55.2 Å². The van der Waals surface area contributed by atoms with Gasteiger partial charge < -0.3 is 36.5 Å². The highest BCUT2D eigenvalue weighted by Crippen LogP contribution is 2.44. The van der Waals surface area contributed by atoms with Crippen molar-refractivity contribution < 1.29 is 39.0 Å². The minimum absolute atomic E-state index is 0.0139. The number of amides is 6. The number of aromatic nitrogens is 5. The third kappa shape index (κ3) is 6.21. The van der Waals surface area contributed by atoms with Gasteiger partial charge in [0.25, 0.3) is 5.95 Å². The van der Waals surface area contributed by atoms with E-state index >= 15 is 0 Å². The van der Waals surface area contributed by atoms with Crippen LogP contribution in [0, 0.1) is 5.41 Å². The van der Waals surface area contributed by atoms with E-state index in [4.69, 9.17) is 5.84 Å². The van der Waals surface area contributed by atoms with Gasteiger partial charge in [0.1, 0.15) is 28.6 Å². The molecule has 21 heteroatoms. The van der Waals surface area contributed by atoms with Crippen LogP contribution in [-0.4, -0.2) is 134 Å². The Hall–Kier alpha value is -5.31. The molecule has 6 rings (SSSR count). The average Bonchev–Trinajstić information content (AvgIpc) is 3.76. The maximum absolute atomic E-state index is 13.7. The molecule has 3 aliphatic rings. The fourth-order valence-corrected chi connectivity index (χ4v) is 8.31. The Bertz CT molecular complexity index is 1800. The molecule has 0 radical (unpaired) electrons. The number of hydrogen-bond donors (Lipinski definition) is 5. The van der Waals surface area contributed by atoms with Crippen LogP contribution in [0.3, 0.4) is 0 Å². The number of nitrogens with two attached hydrogens (primary N) is 1. The van der Waals surface area contributed by atoms with E-state index in [2.05, 4.69) is 25.9 Å². The number of nitrogens with one attached hydrogen (secondary N) is 2. The van der Waals surface area contributed by atoms with E-state index in [1.54, 1.807) is 25.4 Å². The van der Waals surface area contributed by atoms with E-state index in [9.17, 15) is 39.0 Å². The van der Waals surface area contributed by atoms with Crippen molar-refractivity contribution >= 4 is 59.2 Å². The molecule has 2 aromatic heterocycles. The van der Waals surface area contributed by atoms with Crippen LogP contribution in [0.1, 0.15) is 18.5 Å². The van der Waals surface area contributed by atoms with Gasteiger partial charge in [-0.15, -0.1) is 22.0 Å². The van der Waals surface area contributed by atoms with Crippen LogP contribution in [0.5, 0.6) is 5.75 Å². The highest BCUT2D eigenvalue weighted by atomic mass is 32.2. The van der Waals surface area contributed by atoms with Gasteiger partial charge in [0.05, 0.1) is 0 Å². The molecular formula is C28H31N11O8S2. The number of benzene rings is 1. The molecule has 6 N–H and O–H groups in total. The molecule has 6 amide bonds. The van der Waals surface area contributed by atoms with Crippen molar-refractivity contribution in [3.05, 3.63) is 48.3 Å². The maximum Gasteiger partial charge on any atom is 0.325 e. The van der Waals surface area contributed by atoms with Gasteiger partial charge in [0.15, 0.2) is 0 Å². The standard InChI is InChI=1S/C28H31N11O8S2/c1-2-35-10-11-36(22(44)21(35)43)26(47)32-17(15-4-6-16(40)7-5-15)19(41)31-18-20(42)37-12-28(24(45)46,13-48-23(18)37)14-49-27-34-33-25(39(27)29)38-9-3-8-30-38/h3-9,17-18,23,40H,2,10-14,29H2,1H3,(H,31,41)(H,32,47)(H,45,46)/t17?,18?,23-,28?/m1/s1. The monoisotopic (exact) mass is 713 g/mol. The third-order valence-electron chi connectivity index (χ3n) is 8.42. The summed E-state index contributed by atoms with van der Waals surface area (Å²) in [5.41, 5.74) is -1.14. The average molecular weight is 714 g/mol. The lowest BCUT2D eigenvalue weighted by Gasteiger charge is -2.53. The van der Waals surface area contributed by atoms with Crippen molar-refractivity contribution in [3.63, 3.8) is 0 Å². The number of carbonyl (C=O) groups excluding carboxylic acids is 5. The van der Waals surface area contributed by atoms with E-state index < -0.39 is 58.5 Å². The quantitative estimate of drug-likeness (QED) is 0.0701. The van der Waals surface area contributed by atoms with Crippen molar-refractivity contribution in [2.75, 3.05) is 43.5 Å². The van der Waals surface area contributed by atoms with Crippen LogP contribution in [-0.2, 0) is 24.0 Å². The highest BCUT2D eigenvalue weighted by Gasteiger charge is 2.58. The molecule has 3 aromatic rings. The summed E-state index contributed by atoms with van der Waals surface area (Å²) in [6, 6.07) is 3.65. The summed E-state index contributed by atoms with van der Waals surface area (Å²) in [7, 11) is 0. The second kappa shape index (κ2) is 13.3. The second-order valence-corrected chi connectivity index (χ2v) is 13.5. The smallest absolute Gasteiger partial charge is 0.325 e. The van der Waals surface area contributed by atoms with Crippen LogP contribution in [0.25, 0.3) is 5.95 Å². The number of rotatable bonds is 10. The molecule has 0 spiro atoms. The molecule has 3 unspecified atom stereocenters. The number of aliphatic carboxylic acids is 1. The summed E-state index contributed by atoms with van der Waals surface area (Å²) in [5.74, 6) is 2.06. The molecule has 0 saturated carbocycles. The zero-order valence-corrected chi connectivity index (χ0v) is 27.5. The molecule has 258 valence electrons.